The highest BCUT2D eigenvalue weighted by Gasteiger charge is 2.48. The zero-order valence-electron chi connectivity index (χ0n) is 17.0. The van der Waals surface area contributed by atoms with Crippen LogP contribution in [0.4, 0.5) is 30.8 Å². The number of morpholine rings is 1. The van der Waals surface area contributed by atoms with Crippen molar-refractivity contribution in [2.24, 2.45) is 0 Å². The summed E-state index contributed by atoms with van der Waals surface area (Å²) in [5.74, 6) is -0.221. The van der Waals surface area contributed by atoms with Gasteiger partial charge in [0.15, 0.2) is 5.78 Å². The first-order valence-electron chi connectivity index (χ1n) is 10.3. The number of pyridine rings is 1. The van der Waals surface area contributed by atoms with Crippen molar-refractivity contribution >= 4 is 23.4 Å². The van der Waals surface area contributed by atoms with Gasteiger partial charge in [-0.3, -0.25) is 14.2 Å². The zero-order valence-corrected chi connectivity index (χ0v) is 17.0. The highest BCUT2D eigenvalue weighted by atomic mass is 19.4. The van der Waals surface area contributed by atoms with E-state index in [1.54, 1.807) is 0 Å². The van der Waals surface area contributed by atoms with Crippen LogP contribution in [0.2, 0.25) is 0 Å². The molecule has 0 radical (unpaired) electrons. The summed E-state index contributed by atoms with van der Waals surface area (Å²) in [5.41, 5.74) is 5.21. The standard InChI is InChI=1S/C20H21F3N6O3/c21-20(22,23)15-3-4-27-18(31)6-17(28-8-13-5-12(28)10-32-13)26-19(27)29(15)9-14(30)11-1-2-16(24)25-7-11/h1-2,6-7,12-13,15H,3-5,8-10H2,(H2,24,25)/t12-,13-,15-/m0/s1. The molecule has 3 aliphatic heterocycles. The summed E-state index contributed by atoms with van der Waals surface area (Å²) < 4.78 is 48.4. The highest BCUT2D eigenvalue weighted by Crippen LogP contribution is 2.36. The molecule has 170 valence electrons. The molecule has 0 amide bonds. The Morgan fingerprint density at radius 3 is 2.75 bits per heavy atom. The number of halogens is 3. The Hall–Kier alpha value is -3.15. The lowest BCUT2D eigenvalue weighted by Crippen LogP contribution is -2.54. The van der Waals surface area contributed by atoms with E-state index in [9.17, 15) is 22.8 Å². The number of ketones is 1. The molecule has 0 saturated carbocycles. The lowest BCUT2D eigenvalue weighted by atomic mass is 10.1. The Morgan fingerprint density at radius 2 is 2.12 bits per heavy atom. The van der Waals surface area contributed by atoms with E-state index < -0.39 is 30.1 Å². The molecule has 0 aliphatic carbocycles. The van der Waals surface area contributed by atoms with E-state index in [0.29, 0.717) is 19.0 Å². The first-order chi connectivity index (χ1) is 15.2. The summed E-state index contributed by atoms with van der Waals surface area (Å²) in [5, 5.41) is 0. The number of aromatic nitrogens is 3. The normalized spacial score (nSPS) is 24.7. The second kappa shape index (κ2) is 7.47. The van der Waals surface area contributed by atoms with Gasteiger partial charge in [0.25, 0.3) is 5.56 Å². The van der Waals surface area contributed by atoms with Crippen molar-refractivity contribution in [2.45, 2.75) is 43.8 Å². The van der Waals surface area contributed by atoms with E-state index in [1.165, 1.54) is 29.0 Å². The average molecular weight is 450 g/mol. The number of hydrogen-bond donors (Lipinski definition) is 1. The van der Waals surface area contributed by atoms with Gasteiger partial charge in [-0.25, -0.2) is 4.98 Å². The zero-order chi connectivity index (χ0) is 22.6. The van der Waals surface area contributed by atoms with Gasteiger partial charge in [-0.15, -0.1) is 0 Å². The Labute approximate surface area is 180 Å². The molecule has 3 aliphatic rings. The third-order valence-corrected chi connectivity index (χ3v) is 6.23. The number of alkyl halides is 3. The predicted molar refractivity (Wildman–Crippen MR) is 109 cm³/mol. The molecule has 12 heteroatoms. The summed E-state index contributed by atoms with van der Waals surface area (Å²) in [6.45, 7) is 0.289. The average Bonchev–Trinajstić information content (AvgIpc) is 3.37. The van der Waals surface area contributed by atoms with Crippen molar-refractivity contribution in [1.82, 2.24) is 14.5 Å². The van der Waals surface area contributed by atoms with Crippen LogP contribution in [0.25, 0.3) is 0 Å². The van der Waals surface area contributed by atoms with Gasteiger partial charge in [0.1, 0.15) is 17.7 Å². The predicted octanol–water partition coefficient (Wildman–Crippen LogP) is 1.22. The second-order valence-electron chi connectivity index (χ2n) is 8.27. The van der Waals surface area contributed by atoms with E-state index in [1.807, 2.05) is 4.90 Å². The molecular weight excluding hydrogens is 429 g/mol. The number of hydrogen-bond acceptors (Lipinski definition) is 8. The summed E-state index contributed by atoms with van der Waals surface area (Å²) in [7, 11) is 0. The molecule has 9 nitrogen and oxygen atoms in total. The van der Waals surface area contributed by atoms with E-state index in [2.05, 4.69) is 9.97 Å². The van der Waals surface area contributed by atoms with Crippen LogP contribution in [-0.4, -0.2) is 64.4 Å². The number of ether oxygens (including phenoxy) is 1. The van der Waals surface area contributed by atoms with Crippen molar-refractivity contribution in [3.8, 4) is 0 Å². The second-order valence-corrected chi connectivity index (χ2v) is 8.27. The number of anilines is 3. The van der Waals surface area contributed by atoms with Crippen molar-refractivity contribution in [3.05, 3.63) is 40.3 Å². The molecule has 32 heavy (non-hydrogen) atoms. The van der Waals surface area contributed by atoms with Gasteiger partial charge in [-0.05, 0) is 25.0 Å². The lowest BCUT2D eigenvalue weighted by molar-refractivity contribution is -0.152. The maximum atomic E-state index is 13.9. The van der Waals surface area contributed by atoms with Crippen molar-refractivity contribution < 1.29 is 22.7 Å². The number of nitrogens with two attached hydrogens (primary N) is 1. The molecular formula is C20H21F3N6O3. The maximum absolute atomic E-state index is 13.9. The minimum atomic E-state index is -4.60. The summed E-state index contributed by atoms with van der Waals surface area (Å²) in [6, 6.07) is 2.27. The summed E-state index contributed by atoms with van der Waals surface area (Å²) in [4.78, 5) is 36.7. The monoisotopic (exact) mass is 450 g/mol. The Kier molecular flexibility index (Phi) is 4.84. The fraction of sp³-hybridized carbons (Fsp3) is 0.500. The number of carbonyl (C=O) groups excluding carboxylic acids is 1. The molecule has 3 atom stereocenters. The number of carbonyl (C=O) groups is 1. The molecule has 0 spiro atoms. The van der Waals surface area contributed by atoms with Crippen molar-refractivity contribution in [3.63, 3.8) is 0 Å². The number of rotatable bonds is 4. The summed E-state index contributed by atoms with van der Waals surface area (Å²) >= 11 is 0. The topological polar surface area (TPSA) is 107 Å². The number of Topliss-reactive ketones (excluding diaryl/α,β-unsaturated/α-hetero) is 1. The van der Waals surface area contributed by atoms with Gasteiger partial charge < -0.3 is 20.3 Å². The molecule has 2 aromatic heterocycles. The van der Waals surface area contributed by atoms with Gasteiger partial charge in [-0.2, -0.15) is 18.2 Å². The molecule has 2 bridgehead atoms. The molecule has 0 aromatic carbocycles. The first kappa shape index (κ1) is 20.7. The fourth-order valence-electron chi connectivity index (χ4n) is 4.62. The quantitative estimate of drug-likeness (QED) is 0.694. The van der Waals surface area contributed by atoms with Crippen LogP contribution in [0.5, 0.6) is 0 Å². The van der Waals surface area contributed by atoms with Crippen molar-refractivity contribution in [1.29, 1.82) is 0 Å². The van der Waals surface area contributed by atoms with E-state index in [-0.39, 0.29) is 42.4 Å². The highest BCUT2D eigenvalue weighted by molar-refractivity contribution is 5.99. The molecule has 5 rings (SSSR count). The fourth-order valence-corrected chi connectivity index (χ4v) is 4.62. The minimum absolute atomic E-state index is 0.0270. The largest absolute Gasteiger partial charge is 0.408 e. The van der Waals surface area contributed by atoms with Crippen LogP contribution in [-0.2, 0) is 11.3 Å². The van der Waals surface area contributed by atoms with Gasteiger partial charge in [0.2, 0.25) is 5.95 Å². The van der Waals surface area contributed by atoms with Crippen LogP contribution in [0.3, 0.4) is 0 Å². The molecule has 2 saturated heterocycles. The molecule has 2 fully saturated rings. The molecule has 0 unspecified atom stereocenters. The number of nitrogens with zero attached hydrogens (tertiary/aromatic N) is 5. The van der Waals surface area contributed by atoms with Gasteiger partial charge in [-0.1, -0.05) is 0 Å². The van der Waals surface area contributed by atoms with Gasteiger partial charge >= 0.3 is 6.18 Å². The molecule has 5 heterocycles. The van der Waals surface area contributed by atoms with Gasteiger partial charge in [0.05, 0.1) is 25.3 Å². The van der Waals surface area contributed by atoms with Crippen LogP contribution < -0.4 is 21.1 Å². The molecule has 2 N–H and O–H groups in total. The van der Waals surface area contributed by atoms with Crippen LogP contribution in [0, 0.1) is 0 Å². The SMILES string of the molecule is Nc1ccc(C(=O)CN2c3nc(N4C[C@@H]5C[C@H]4CO5)cc(=O)n3CC[C@H]2C(F)(F)F)cn1. The molecule has 2 aromatic rings. The number of fused-ring (bicyclic) bond motifs is 3. The van der Waals surface area contributed by atoms with Crippen molar-refractivity contribution in [2.75, 3.05) is 35.2 Å². The lowest BCUT2D eigenvalue weighted by Gasteiger charge is -2.39. The van der Waals surface area contributed by atoms with E-state index >= 15 is 0 Å². The third-order valence-electron chi connectivity index (χ3n) is 6.23. The Bertz CT molecular complexity index is 1100. The van der Waals surface area contributed by atoms with Crippen LogP contribution in [0.15, 0.2) is 29.2 Å². The van der Waals surface area contributed by atoms with E-state index in [0.717, 1.165) is 11.3 Å². The number of nitrogen functional groups attached to an aromatic ring is 1. The minimum Gasteiger partial charge on any atom is -0.384 e. The Balaban J connectivity index is 1.53. The van der Waals surface area contributed by atoms with E-state index in [4.69, 9.17) is 10.5 Å². The van der Waals surface area contributed by atoms with Crippen LogP contribution >= 0.6 is 0 Å². The first-order valence-corrected chi connectivity index (χ1v) is 10.3. The third kappa shape index (κ3) is 3.57. The van der Waals surface area contributed by atoms with Gasteiger partial charge in [0, 0.05) is 30.9 Å². The smallest absolute Gasteiger partial charge is 0.384 e. The summed E-state index contributed by atoms with van der Waals surface area (Å²) in [6.07, 6.45) is -2.91. The maximum Gasteiger partial charge on any atom is 0.408 e. The van der Waals surface area contributed by atoms with Crippen LogP contribution in [0.1, 0.15) is 23.2 Å². The Morgan fingerprint density at radius 1 is 1.31 bits per heavy atom.